The Balaban J connectivity index is 1.90. The topological polar surface area (TPSA) is 33.3 Å². The van der Waals surface area contributed by atoms with Crippen LogP contribution in [0.5, 0.6) is 5.75 Å². The Kier molecular flexibility index (Phi) is 5.72. The largest absolute Gasteiger partial charge is 0.494 e. The molecule has 0 bridgehead atoms. The number of anilines is 1. The highest BCUT2D eigenvalue weighted by Crippen LogP contribution is 2.16. The van der Waals surface area contributed by atoms with Crippen LogP contribution >= 0.6 is 12.2 Å². The van der Waals surface area contributed by atoms with E-state index in [0.29, 0.717) is 11.7 Å². The first-order valence-corrected chi connectivity index (χ1v) is 7.55. The molecule has 0 aromatic heterocycles. The molecule has 0 spiro atoms. The second-order valence-electron chi connectivity index (χ2n) is 4.83. The van der Waals surface area contributed by atoms with Crippen LogP contribution in [0.2, 0.25) is 0 Å². The minimum atomic E-state index is -0.244. The fraction of sp³-hybridized carbons (Fsp3) is 0.235. The third-order valence-corrected chi connectivity index (χ3v) is 3.36. The van der Waals surface area contributed by atoms with Gasteiger partial charge < -0.3 is 15.4 Å². The van der Waals surface area contributed by atoms with Crippen LogP contribution < -0.4 is 15.4 Å². The number of hydrogen-bond donors (Lipinski definition) is 2. The number of thiocarbonyl (C=S) groups is 1. The lowest BCUT2D eigenvalue weighted by atomic mass is 10.1. The van der Waals surface area contributed by atoms with Crippen molar-refractivity contribution in [1.82, 2.24) is 5.32 Å². The highest BCUT2D eigenvalue weighted by Gasteiger charge is 2.07. The van der Waals surface area contributed by atoms with Crippen molar-refractivity contribution < 1.29 is 9.13 Å². The van der Waals surface area contributed by atoms with Gasteiger partial charge in [-0.2, -0.15) is 0 Å². The second kappa shape index (κ2) is 7.75. The molecule has 5 heteroatoms. The summed E-state index contributed by atoms with van der Waals surface area (Å²) < 4.78 is 18.3. The smallest absolute Gasteiger partial charge is 0.171 e. The normalized spacial score (nSPS) is 11.6. The fourth-order valence-corrected chi connectivity index (χ4v) is 2.29. The fourth-order valence-electron chi connectivity index (χ4n) is 2.00. The number of rotatable bonds is 5. The van der Waals surface area contributed by atoms with Crippen molar-refractivity contribution in [3.8, 4) is 5.75 Å². The molecule has 0 saturated heterocycles. The van der Waals surface area contributed by atoms with Crippen molar-refractivity contribution in [2.75, 3.05) is 11.9 Å². The molecule has 3 nitrogen and oxygen atoms in total. The van der Waals surface area contributed by atoms with Gasteiger partial charge in [-0.3, -0.25) is 0 Å². The number of nitrogens with one attached hydrogen (secondary N) is 2. The summed E-state index contributed by atoms with van der Waals surface area (Å²) in [7, 11) is 0. The summed E-state index contributed by atoms with van der Waals surface area (Å²) in [4.78, 5) is 0. The zero-order valence-corrected chi connectivity index (χ0v) is 13.4. The van der Waals surface area contributed by atoms with Crippen molar-refractivity contribution in [3.05, 3.63) is 59.9 Å². The number of ether oxygens (including phenoxy) is 1. The first-order chi connectivity index (χ1) is 10.6. The lowest BCUT2D eigenvalue weighted by Gasteiger charge is -2.17. The summed E-state index contributed by atoms with van der Waals surface area (Å²) in [5.41, 5.74) is 1.85. The van der Waals surface area contributed by atoms with Crippen molar-refractivity contribution in [2.45, 2.75) is 19.9 Å². The van der Waals surface area contributed by atoms with Crippen LogP contribution in [0.4, 0.5) is 10.1 Å². The summed E-state index contributed by atoms with van der Waals surface area (Å²) in [5, 5.41) is 6.80. The predicted molar refractivity (Wildman–Crippen MR) is 91.8 cm³/mol. The maximum atomic E-state index is 12.9. The molecule has 0 aliphatic heterocycles. The summed E-state index contributed by atoms with van der Waals surface area (Å²) in [6.07, 6.45) is 0. The molecule has 22 heavy (non-hydrogen) atoms. The molecular weight excluding hydrogens is 299 g/mol. The van der Waals surface area contributed by atoms with Crippen LogP contribution in [-0.2, 0) is 0 Å². The predicted octanol–water partition coefficient (Wildman–Crippen LogP) is 4.27. The summed E-state index contributed by atoms with van der Waals surface area (Å²) >= 11 is 5.29. The molecule has 0 heterocycles. The van der Waals surface area contributed by atoms with Crippen molar-refractivity contribution in [1.29, 1.82) is 0 Å². The first kappa shape index (κ1) is 16.2. The monoisotopic (exact) mass is 318 g/mol. The van der Waals surface area contributed by atoms with E-state index in [1.54, 1.807) is 12.1 Å². The van der Waals surface area contributed by atoms with E-state index < -0.39 is 0 Å². The molecule has 2 N–H and O–H groups in total. The van der Waals surface area contributed by atoms with Crippen LogP contribution in [0.25, 0.3) is 0 Å². The SMILES string of the molecule is CCOc1ccc(NC(=S)N[C@H](C)c2ccc(F)cc2)cc1. The lowest BCUT2D eigenvalue weighted by Crippen LogP contribution is -2.30. The molecule has 0 unspecified atom stereocenters. The molecule has 0 amide bonds. The van der Waals surface area contributed by atoms with Crippen molar-refractivity contribution in [2.24, 2.45) is 0 Å². The van der Waals surface area contributed by atoms with E-state index in [1.807, 2.05) is 38.1 Å². The molecule has 1 atom stereocenters. The Morgan fingerprint density at radius 2 is 1.77 bits per heavy atom. The second-order valence-corrected chi connectivity index (χ2v) is 5.24. The molecule has 2 aromatic carbocycles. The van der Waals surface area contributed by atoms with Gasteiger partial charge in [-0.05, 0) is 68.0 Å². The molecule has 116 valence electrons. The van der Waals surface area contributed by atoms with E-state index in [1.165, 1.54) is 12.1 Å². The zero-order valence-electron chi connectivity index (χ0n) is 12.6. The molecule has 0 fully saturated rings. The first-order valence-electron chi connectivity index (χ1n) is 7.14. The Morgan fingerprint density at radius 3 is 2.36 bits per heavy atom. The Hall–Kier alpha value is -2.14. The van der Waals surface area contributed by atoms with E-state index in [2.05, 4.69) is 10.6 Å². The average Bonchev–Trinajstić information content (AvgIpc) is 2.50. The highest BCUT2D eigenvalue weighted by atomic mass is 32.1. The van der Waals surface area contributed by atoms with E-state index in [4.69, 9.17) is 17.0 Å². The van der Waals surface area contributed by atoms with Gasteiger partial charge in [-0.15, -0.1) is 0 Å². The highest BCUT2D eigenvalue weighted by molar-refractivity contribution is 7.80. The third kappa shape index (κ3) is 4.70. The van der Waals surface area contributed by atoms with Gasteiger partial charge in [-0.1, -0.05) is 12.1 Å². The van der Waals surface area contributed by atoms with E-state index in [0.717, 1.165) is 17.0 Å². The molecule has 0 saturated carbocycles. The van der Waals surface area contributed by atoms with Crippen molar-refractivity contribution in [3.63, 3.8) is 0 Å². The minimum Gasteiger partial charge on any atom is -0.494 e. The number of halogens is 1. The lowest BCUT2D eigenvalue weighted by molar-refractivity contribution is 0.340. The van der Waals surface area contributed by atoms with Gasteiger partial charge in [0.15, 0.2) is 5.11 Å². The maximum absolute atomic E-state index is 12.9. The Morgan fingerprint density at radius 1 is 1.14 bits per heavy atom. The standard InChI is InChI=1S/C17H19FN2OS/c1-3-21-16-10-8-15(9-11-16)20-17(22)19-12(2)13-4-6-14(18)7-5-13/h4-12H,3H2,1-2H3,(H2,19,20,22)/t12-/m1/s1. The van der Waals surface area contributed by atoms with Gasteiger partial charge in [0, 0.05) is 5.69 Å². The van der Waals surface area contributed by atoms with Gasteiger partial charge in [0.05, 0.1) is 12.6 Å². The van der Waals surface area contributed by atoms with Crippen LogP contribution in [-0.4, -0.2) is 11.7 Å². The molecule has 0 aliphatic rings. The van der Waals surface area contributed by atoms with Gasteiger partial charge in [-0.25, -0.2) is 4.39 Å². The summed E-state index contributed by atoms with van der Waals surface area (Å²) in [6, 6.07) is 13.9. The Bertz CT molecular complexity index is 614. The van der Waals surface area contributed by atoms with Crippen LogP contribution in [0.15, 0.2) is 48.5 Å². The number of hydrogen-bond acceptors (Lipinski definition) is 2. The molecular formula is C17H19FN2OS. The molecule has 0 radical (unpaired) electrons. The van der Waals surface area contributed by atoms with Gasteiger partial charge in [0.25, 0.3) is 0 Å². The van der Waals surface area contributed by atoms with Crippen molar-refractivity contribution >= 4 is 23.0 Å². The molecule has 0 aliphatic carbocycles. The number of benzene rings is 2. The van der Waals surface area contributed by atoms with Crippen LogP contribution in [0, 0.1) is 5.82 Å². The van der Waals surface area contributed by atoms with E-state index in [-0.39, 0.29) is 11.9 Å². The minimum absolute atomic E-state index is 0.0108. The third-order valence-electron chi connectivity index (χ3n) is 3.14. The summed E-state index contributed by atoms with van der Waals surface area (Å²) in [6.45, 7) is 4.56. The van der Waals surface area contributed by atoms with E-state index >= 15 is 0 Å². The van der Waals surface area contributed by atoms with Gasteiger partial charge in [0.1, 0.15) is 11.6 Å². The zero-order chi connectivity index (χ0) is 15.9. The molecule has 2 rings (SSSR count). The van der Waals surface area contributed by atoms with Gasteiger partial charge >= 0.3 is 0 Å². The van der Waals surface area contributed by atoms with Gasteiger partial charge in [0.2, 0.25) is 0 Å². The van der Waals surface area contributed by atoms with Crippen LogP contribution in [0.1, 0.15) is 25.5 Å². The van der Waals surface area contributed by atoms with Crippen LogP contribution in [0.3, 0.4) is 0 Å². The molecule has 2 aromatic rings. The van der Waals surface area contributed by atoms with E-state index in [9.17, 15) is 4.39 Å². The summed E-state index contributed by atoms with van der Waals surface area (Å²) in [5.74, 6) is 0.581. The maximum Gasteiger partial charge on any atom is 0.171 e. The average molecular weight is 318 g/mol. The Labute approximate surface area is 135 Å². The quantitative estimate of drug-likeness (QED) is 0.807.